The van der Waals surface area contributed by atoms with Gasteiger partial charge in [-0.2, -0.15) is 0 Å². The van der Waals surface area contributed by atoms with Gasteiger partial charge >= 0.3 is 0 Å². The van der Waals surface area contributed by atoms with E-state index in [2.05, 4.69) is 10.2 Å². The van der Waals surface area contributed by atoms with E-state index in [9.17, 15) is 4.79 Å². The Kier molecular flexibility index (Phi) is 3.64. The normalized spacial score (nSPS) is 14.8. The van der Waals surface area contributed by atoms with Gasteiger partial charge in [-0.1, -0.05) is 23.4 Å². The molecular formula is C12H12ClN3OS2. The molecule has 3 rings (SSSR count). The monoisotopic (exact) mass is 313 g/mol. The molecule has 1 fully saturated rings. The lowest BCUT2D eigenvalue weighted by Gasteiger charge is -2.01. The molecule has 1 saturated carbocycles. The van der Waals surface area contributed by atoms with Crippen LogP contribution >= 0.6 is 34.7 Å². The molecule has 2 aromatic rings. The maximum absolute atomic E-state index is 12.0. The van der Waals surface area contributed by atoms with Crippen LogP contribution in [-0.2, 0) is 7.05 Å². The van der Waals surface area contributed by atoms with Gasteiger partial charge in [0, 0.05) is 13.0 Å². The number of Topliss-reactive ketones (excluding diaryl/α,β-unsaturated/α-hetero) is 1. The molecule has 2 heterocycles. The van der Waals surface area contributed by atoms with Crippen molar-refractivity contribution < 1.29 is 4.79 Å². The minimum atomic E-state index is 0.0814. The summed E-state index contributed by atoms with van der Waals surface area (Å²) >= 11 is 8.57. The van der Waals surface area contributed by atoms with Crippen LogP contribution in [0.3, 0.4) is 0 Å². The molecule has 7 heteroatoms. The first-order valence-corrected chi connectivity index (χ1v) is 8.14. The van der Waals surface area contributed by atoms with Crippen molar-refractivity contribution >= 4 is 40.5 Å². The molecule has 1 aliphatic rings. The summed E-state index contributed by atoms with van der Waals surface area (Å²) in [5.74, 6) is 2.05. The number of halogens is 1. The highest BCUT2D eigenvalue weighted by atomic mass is 35.5. The Balaban J connectivity index is 1.64. The van der Waals surface area contributed by atoms with Crippen molar-refractivity contribution in [2.75, 3.05) is 5.75 Å². The Morgan fingerprint density at radius 3 is 2.95 bits per heavy atom. The van der Waals surface area contributed by atoms with E-state index in [1.54, 1.807) is 12.1 Å². The molecule has 0 amide bonds. The Morgan fingerprint density at radius 1 is 1.53 bits per heavy atom. The van der Waals surface area contributed by atoms with Crippen LogP contribution in [-0.4, -0.2) is 26.3 Å². The van der Waals surface area contributed by atoms with Crippen molar-refractivity contribution in [1.29, 1.82) is 0 Å². The Hall–Kier alpha value is -0.850. The quantitative estimate of drug-likeness (QED) is 0.627. The zero-order valence-electron chi connectivity index (χ0n) is 10.3. The first-order valence-electron chi connectivity index (χ1n) is 5.96. The van der Waals surface area contributed by atoms with Gasteiger partial charge in [0.1, 0.15) is 5.82 Å². The number of carbonyl (C=O) groups is 1. The van der Waals surface area contributed by atoms with Gasteiger partial charge in [-0.05, 0) is 25.0 Å². The second-order valence-electron chi connectivity index (χ2n) is 4.49. The number of aromatic nitrogens is 3. The second kappa shape index (κ2) is 5.26. The van der Waals surface area contributed by atoms with Crippen LogP contribution in [0.2, 0.25) is 4.34 Å². The standard InChI is InChI=1S/C12H12ClN3OS2/c1-16-11(7-2-3-7)14-15-12(16)18-6-8(17)9-4-5-10(13)19-9/h4-5,7H,2-3,6H2,1H3. The summed E-state index contributed by atoms with van der Waals surface area (Å²) in [6, 6.07) is 3.51. The predicted octanol–water partition coefficient (Wildman–Crippen LogP) is 3.38. The number of hydrogen-bond donors (Lipinski definition) is 0. The van der Waals surface area contributed by atoms with Gasteiger partial charge in [0.2, 0.25) is 0 Å². The molecule has 0 N–H and O–H groups in total. The Morgan fingerprint density at radius 2 is 2.32 bits per heavy atom. The summed E-state index contributed by atoms with van der Waals surface area (Å²) < 4.78 is 2.64. The lowest BCUT2D eigenvalue weighted by molar-refractivity contribution is 0.102. The van der Waals surface area contributed by atoms with Crippen LogP contribution in [0.15, 0.2) is 17.3 Å². The molecule has 0 aromatic carbocycles. The zero-order valence-corrected chi connectivity index (χ0v) is 12.7. The van der Waals surface area contributed by atoms with Crippen LogP contribution in [0.5, 0.6) is 0 Å². The molecule has 0 aliphatic heterocycles. The van der Waals surface area contributed by atoms with Gasteiger partial charge in [-0.15, -0.1) is 21.5 Å². The van der Waals surface area contributed by atoms with Crippen LogP contribution in [0.1, 0.15) is 34.3 Å². The van der Waals surface area contributed by atoms with Crippen molar-refractivity contribution in [3.63, 3.8) is 0 Å². The summed E-state index contributed by atoms with van der Waals surface area (Å²) in [7, 11) is 1.96. The molecule has 2 aromatic heterocycles. The smallest absolute Gasteiger partial charge is 0.191 e. The number of nitrogens with zero attached hydrogens (tertiary/aromatic N) is 3. The lowest BCUT2D eigenvalue weighted by atomic mass is 10.4. The third-order valence-electron chi connectivity index (χ3n) is 2.99. The number of thioether (sulfide) groups is 1. The molecule has 0 bridgehead atoms. The number of ketones is 1. The van der Waals surface area contributed by atoms with Crippen LogP contribution in [0.4, 0.5) is 0 Å². The zero-order chi connectivity index (χ0) is 13.4. The van der Waals surface area contributed by atoms with E-state index >= 15 is 0 Å². The molecule has 19 heavy (non-hydrogen) atoms. The second-order valence-corrected chi connectivity index (χ2v) is 7.15. The van der Waals surface area contributed by atoms with Crippen molar-refractivity contribution in [2.45, 2.75) is 23.9 Å². The van der Waals surface area contributed by atoms with Gasteiger partial charge < -0.3 is 4.57 Å². The average molecular weight is 314 g/mol. The van der Waals surface area contributed by atoms with Gasteiger partial charge in [0.15, 0.2) is 10.9 Å². The fraction of sp³-hybridized carbons (Fsp3) is 0.417. The van der Waals surface area contributed by atoms with E-state index in [1.165, 1.54) is 35.9 Å². The summed E-state index contributed by atoms with van der Waals surface area (Å²) in [6.45, 7) is 0. The largest absolute Gasteiger partial charge is 0.309 e. The van der Waals surface area contributed by atoms with Gasteiger partial charge in [-0.25, -0.2) is 0 Å². The van der Waals surface area contributed by atoms with Crippen molar-refractivity contribution in [2.24, 2.45) is 7.05 Å². The molecule has 4 nitrogen and oxygen atoms in total. The molecule has 0 atom stereocenters. The van der Waals surface area contributed by atoms with E-state index < -0.39 is 0 Å². The Labute approximate surface area is 124 Å². The third kappa shape index (κ3) is 2.85. The highest BCUT2D eigenvalue weighted by molar-refractivity contribution is 7.99. The predicted molar refractivity (Wildman–Crippen MR) is 77.4 cm³/mol. The van der Waals surface area contributed by atoms with E-state index in [0.29, 0.717) is 20.9 Å². The summed E-state index contributed by atoms with van der Waals surface area (Å²) in [5.41, 5.74) is 0. The molecule has 0 saturated heterocycles. The van der Waals surface area contributed by atoms with Crippen molar-refractivity contribution in [3.8, 4) is 0 Å². The van der Waals surface area contributed by atoms with Crippen LogP contribution in [0.25, 0.3) is 0 Å². The van der Waals surface area contributed by atoms with Crippen LogP contribution in [0, 0.1) is 0 Å². The Bertz CT molecular complexity index is 618. The molecule has 0 radical (unpaired) electrons. The average Bonchev–Trinajstić information content (AvgIpc) is 3.03. The first kappa shape index (κ1) is 13.1. The highest BCUT2D eigenvalue weighted by Gasteiger charge is 2.29. The highest BCUT2D eigenvalue weighted by Crippen LogP contribution is 2.39. The topological polar surface area (TPSA) is 47.8 Å². The maximum Gasteiger partial charge on any atom is 0.191 e. The number of hydrogen-bond acceptors (Lipinski definition) is 5. The summed E-state index contributed by atoms with van der Waals surface area (Å²) in [6.07, 6.45) is 2.40. The van der Waals surface area contributed by atoms with E-state index in [1.807, 2.05) is 11.6 Å². The van der Waals surface area contributed by atoms with E-state index in [-0.39, 0.29) is 5.78 Å². The maximum atomic E-state index is 12.0. The summed E-state index contributed by atoms with van der Waals surface area (Å²) in [5, 5.41) is 9.15. The summed E-state index contributed by atoms with van der Waals surface area (Å²) in [4.78, 5) is 12.7. The van der Waals surface area contributed by atoms with Crippen molar-refractivity contribution in [3.05, 3.63) is 27.2 Å². The number of carbonyl (C=O) groups excluding carboxylic acids is 1. The van der Waals surface area contributed by atoms with E-state index in [0.717, 1.165) is 11.0 Å². The molecule has 0 unspecified atom stereocenters. The van der Waals surface area contributed by atoms with Gasteiger partial charge in [0.25, 0.3) is 0 Å². The molecule has 100 valence electrons. The molecule has 0 spiro atoms. The van der Waals surface area contributed by atoms with Crippen molar-refractivity contribution in [1.82, 2.24) is 14.8 Å². The number of rotatable bonds is 5. The fourth-order valence-corrected chi connectivity index (χ4v) is 3.69. The fourth-order valence-electron chi connectivity index (χ4n) is 1.81. The minimum Gasteiger partial charge on any atom is -0.309 e. The molecule has 1 aliphatic carbocycles. The van der Waals surface area contributed by atoms with E-state index in [4.69, 9.17) is 11.6 Å². The van der Waals surface area contributed by atoms with Gasteiger partial charge in [0.05, 0.1) is 15.0 Å². The SMILES string of the molecule is Cn1c(SCC(=O)c2ccc(Cl)s2)nnc1C1CC1. The van der Waals surface area contributed by atoms with Crippen LogP contribution < -0.4 is 0 Å². The molecular weight excluding hydrogens is 302 g/mol. The number of thiophene rings is 1. The minimum absolute atomic E-state index is 0.0814. The first-order chi connectivity index (χ1) is 9.15. The third-order valence-corrected chi connectivity index (χ3v) is 5.28. The van der Waals surface area contributed by atoms with Gasteiger partial charge in [-0.3, -0.25) is 4.79 Å². The lowest BCUT2D eigenvalue weighted by Crippen LogP contribution is -2.02.